The van der Waals surface area contributed by atoms with Crippen molar-refractivity contribution in [3.05, 3.63) is 94.9 Å². The number of aromatic nitrogens is 1. The van der Waals surface area contributed by atoms with Crippen LogP contribution in [0, 0.1) is 6.92 Å². The Morgan fingerprint density at radius 3 is 2.65 bits per heavy atom. The first-order valence-electron chi connectivity index (χ1n) is 11.0. The Balaban J connectivity index is 1.46. The minimum atomic E-state index is -0.552. The number of methoxy groups -OCH3 is 1. The number of esters is 1. The fraction of sp³-hybridized carbons (Fsp3) is 0.143. The van der Waals surface area contributed by atoms with Gasteiger partial charge in [-0.1, -0.05) is 30.3 Å². The fourth-order valence-electron chi connectivity index (χ4n) is 4.30. The van der Waals surface area contributed by atoms with Crippen LogP contribution in [0.5, 0.6) is 17.2 Å². The molecule has 5 rings (SSSR count). The van der Waals surface area contributed by atoms with Crippen molar-refractivity contribution in [2.75, 3.05) is 7.11 Å². The van der Waals surface area contributed by atoms with E-state index in [0.717, 1.165) is 23.0 Å². The molecule has 3 aromatic carbocycles. The normalized spacial score (nSPS) is 13.7. The van der Waals surface area contributed by atoms with Crippen molar-refractivity contribution in [1.82, 2.24) is 4.57 Å². The van der Waals surface area contributed by atoms with Crippen molar-refractivity contribution < 1.29 is 23.8 Å². The maximum absolute atomic E-state index is 13.1. The predicted octanol–water partition coefficient (Wildman–Crippen LogP) is 5.81. The number of allylic oxidation sites excluding steroid dienone is 1. The van der Waals surface area contributed by atoms with Gasteiger partial charge in [0.15, 0.2) is 5.76 Å². The van der Waals surface area contributed by atoms with Crippen LogP contribution < -0.4 is 14.2 Å². The summed E-state index contributed by atoms with van der Waals surface area (Å²) in [7, 11) is 1.50. The quantitative estimate of drug-likeness (QED) is 0.217. The van der Waals surface area contributed by atoms with Gasteiger partial charge in [0, 0.05) is 35.3 Å². The third kappa shape index (κ3) is 3.63. The number of fused-ring (bicyclic) bond motifs is 2. The number of carbonyl (C=O) groups excluding carboxylic acids is 2. The summed E-state index contributed by atoms with van der Waals surface area (Å²) in [6.45, 7) is 4.69. The highest BCUT2D eigenvalue weighted by Gasteiger charge is 2.31. The molecule has 1 aliphatic rings. The van der Waals surface area contributed by atoms with E-state index >= 15 is 0 Å². The number of Topliss-reactive ketones (excluding diaryl/α,β-unsaturated/α-hetero) is 1. The van der Waals surface area contributed by atoms with Gasteiger partial charge < -0.3 is 18.8 Å². The van der Waals surface area contributed by atoms with Gasteiger partial charge in [0.2, 0.25) is 5.78 Å². The van der Waals surface area contributed by atoms with Crippen LogP contribution in [0.2, 0.25) is 0 Å². The summed E-state index contributed by atoms with van der Waals surface area (Å²) in [5, 5.41) is 1.05. The van der Waals surface area contributed by atoms with Gasteiger partial charge in [0.05, 0.1) is 12.7 Å². The average molecular weight is 453 g/mol. The SMILES string of the molecule is CCn1cc(/C=C2\Oc3cc(OC(=O)c4ccccc4OC)cc(C)c3C2=O)c2ccccc21. The number of hydrogen-bond acceptors (Lipinski definition) is 5. The number of ketones is 1. The van der Waals surface area contributed by atoms with Crippen molar-refractivity contribution in [2.45, 2.75) is 20.4 Å². The molecular formula is C28H23NO5. The topological polar surface area (TPSA) is 66.8 Å². The summed E-state index contributed by atoms with van der Waals surface area (Å²) < 4.78 is 18.9. The van der Waals surface area contributed by atoms with Crippen LogP contribution in [0.15, 0.2) is 72.6 Å². The summed E-state index contributed by atoms with van der Waals surface area (Å²) in [5.41, 5.74) is 3.47. The lowest BCUT2D eigenvalue weighted by molar-refractivity contribution is 0.0731. The summed E-state index contributed by atoms with van der Waals surface area (Å²) in [5.74, 6) is 0.591. The lowest BCUT2D eigenvalue weighted by Gasteiger charge is -2.10. The summed E-state index contributed by atoms with van der Waals surface area (Å²) >= 11 is 0. The number of rotatable bonds is 5. The van der Waals surface area contributed by atoms with Crippen molar-refractivity contribution in [2.24, 2.45) is 0 Å². The zero-order chi connectivity index (χ0) is 23.8. The van der Waals surface area contributed by atoms with E-state index in [4.69, 9.17) is 14.2 Å². The lowest BCUT2D eigenvalue weighted by Crippen LogP contribution is -2.10. The molecule has 34 heavy (non-hydrogen) atoms. The van der Waals surface area contributed by atoms with E-state index in [1.165, 1.54) is 7.11 Å². The molecule has 0 spiro atoms. The van der Waals surface area contributed by atoms with E-state index in [9.17, 15) is 9.59 Å². The van der Waals surface area contributed by atoms with Gasteiger partial charge >= 0.3 is 5.97 Å². The molecule has 0 saturated carbocycles. The van der Waals surface area contributed by atoms with Crippen LogP contribution in [-0.4, -0.2) is 23.4 Å². The van der Waals surface area contributed by atoms with Gasteiger partial charge in [-0.2, -0.15) is 0 Å². The summed E-state index contributed by atoms with van der Waals surface area (Å²) in [4.78, 5) is 25.9. The van der Waals surface area contributed by atoms with Gasteiger partial charge in [0.25, 0.3) is 0 Å². The van der Waals surface area contributed by atoms with Crippen molar-refractivity contribution >= 4 is 28.7 Å². The van der Waals surface area contributed by atoms with Crippen LogP contribution in [-0.2, 0) is 6.54 Å². The largest absolute Gasteiger partial charge is 0.496 e. The Kier molecular flexibility index (Phi) is 5.42. The van der Waals surface area contributed by atoms with Crippen LogP contribution in [0.1, 0.15) is 38.8 Å². The van der Waals surface area contributed by atoms with Crippen molar-refractivity contribution in [1.29, 1.82) is 0 Å². The van der Waals surface area contributed by atoms with E-state index < -0.39 is 5.97 Å². The Labute approximate surface area is 197 Å². The van der Waals surface area contributed by atoms with E-state index in [1.54, 1.807) is 49.4 Å². The second kappa shape index (κ2) is 8.56. The molecule has 0 unspecified atom stereocenters. The van der Waals surface area contributed by atoms with Crippen LogP contribution >= 0.6 is 0 Å². The maximum Gasteiger partial charge on any atom is 0.347 e. The Bertz CT molecular complexity index is 1480. The van der Waals surface area contributed by atoms with E-state index in [2.05, 4.69) is 17.6 Å². The zero-order valence-electron chi connectivity index (χ0n) is 19.1. The second-order valence-electron chi connectivity index (χ2n) is 8.03. The number of nitrogens with zero attached hydrogens (tertiary/aromatic N) is 1. The molecule has 1 aliphatic heterocycles. The molecule has 4 aromatic rings. The van der Waals surface area contributed by atoms with E-state index in [0.29, 0.717) is 33.9 Å². The predicted molar refractivity (Wildman–Crippen MR) is 130 cm³/mol. The van der Waals surface area contributed by atoms with E-state index in [-0.39, 0.29) is 11.5 Å². The molecule has 0 N–H and O–H groups in total. The number of benzene rings is 3. The van der Waals surface area contributed by atoms with Crippen molar-refractivity contribution in [3.63, 3.8) is 0 Å². The standard InChI is InChI=1S/C28H23NO5/c1-4-29-16-18(20-9-5-7-11-22(20)29)14-25-27(30)26-17(2)13-19(15-24(26)34-25)33-28(31)21-10-6-8-12-23(21)32-3/h5-16H,4H2,1-3H3/b25-14-. The highest BCUT2D eigenvalue weighted by molar-refractivity contribution is 6.16. The first kappa shape index (κ1) is 21.5. The molecule has 6 nitrogen and oxygen atoms in total. The second-order valence-corrected chi connectivity index (χ2v) is 8.03. The number of carbonyl (C=O) groups is 2. The van der Waals surface area contributed by atoms with E-state index in [1.807, 2.05) is 24.4 Å². The number of aryl methyl sites for hydroxylation is 2. The monoisotopic (exact) mass is 453 g/mol. The maximum atomic E-state index is 13.1. The van der Waals surface area contributed by atoms with Gasteiger partial charge in [-0.3, -0.25) is 4.79 Å². The smallest absolute Gasteiger partial charge is 0.347 e. The highest BCUT2D eigenvalue weighted by atomic mass is 16.5. The number of ether oxygens (including phenoxy) is 3. The fourth-order valence-corrected chi connectivity index (χ4v) is 4.30. The Morgan fingerprint density at radius 1 is 1.09 bits per heavy atom. The molecule has 0 fully saturated rings. The lowest BCUT2D eigenvalue weighted by atomic mass is 10.0. The first-order chi connectivity index (χ1) is 16.5. The first-order valence-corrected chi connectivity index (χ1v) is 11.0. The molecule has 0 amide bonds. The van der Waals surface area contributed by atoms with Crippen LogP contribution in [0.3, 0.4) is 0 Å². The van der Waals surface area contributed by atoms with Crippen LogP contribution in [0.4, 0.5) is 0 Å². The van der Waals surface area contributed by atoms with Gasteiger partial charge in [-0.05, 0) is 49.8 Å². The Hall–Kier alpha value is -4.32. The minimum Gasteiger partial charge on any atom is -0.496 e. The molecule has 170 valence electrons. The Morgan fingerprint density at radius 2 is 1.85 bits per heavy atom. The summed E-state index contributed by atoms with van der Waals surface area (Å²) in [6, 6.07) is 18.1. The molecule has 0 radical (unpaired) electrons. The molecule has 2 heterocycles. The van der Waals surface area contributed by atoms with Gasteiger partial charge in [-0.15, -0.1) is 0 Å². The molecular weight excluding hydrogens is 430 g/mol. The van der Waals surface area contributed by atoms with Gasteiger partial charge in [0.1, 0.15) is 22.8 Å². The molecule has 6 heteroatoms. The number of para-hydroxylation sites is 2. The number of hydrogen-bond donors (Lipinski definition) is 0. The molecule has 0 saturated heterocycles. The third-order valence-corrected chi connectivity index (χ3v) is 5.93. The molecule has 1 aromatic heterocycles. The van der Waals surface area contributed by atoms with Crippen LogP contribution in [0.25, 0.3) is 17.0 Å². The zero-order valence-corrected chi connectivity index (χ0v) is 19.1. The van der Waals surface area contributed by atoms with Gasteiger partial charge in [-0.25, -0.2) is 4.79 Å². The molecule has 0 aliphatic carbocycles. The third-order valence-electron chi connectivity index (χ3n) is 5.93. The average Bonchev–Trinajstić information content (AvgIpc) is 3.36. The summed E-state index contributed by atoms with van der Waals surface area (Å²) in [6.07, 6.45) is 3.79. The van der Waals surface area contributed by atoms with Crippen molar-refractivity contribution in [3.8, 4) is 17.2 Å². The molecule has 0 bridgehead atoms. The molecule has 0 atom stereocenters. The minimum absolute atomic E-state index is 0.191. The highest BCUT2D eigenvalue weighted by Crippen LogP contribution is 2.38.